The number of hydrogen-bond acceptors (Lipinski definition) is 3. The number of hydrogen-bond donors (Lipinski definition) is 1. The fourth-order valence-electron chi connectivity index (χ4n) is 2.14. The Bertz CT molecular complexity index is 409. The van der Waals surface area contributed by atoms with E-state index in [1.165, 1.54) is 6.07 Å². The van der Waals surface area contributed by atoms with E-state index in [4.69, 9.17) is 9.47 Å². The minimum atomic E-state index is -0.478. The van der Waals surface area contributed by atoms with Gasteiger partial charge in [-0.05, 0) is 57.0 Å². The number of rotatable bonds is 10. The molecule has 5 heteroatoms. The summed E-state index contributed by atoms with van der Waals surface area (Å²) < 4.78 is 38.3. The van der Waals surface area contributed by atoms with E-state index in [9.17, 15) is 8.78 Å². The van der Waals surface area contributed by atoms with Gasteiger partial charge in [-0.1, -0.05) is 6.92 Å². The number of ether oxygens (including phenoxy) is 2. The van der Waals surface area contributed by atoms with Crippen LogP contribution in [0.1, 0.15) is 32.8 Å². The Hall–Kier alpha value is -1.04. The molecule has 1 rings (SSSR count). The molecule has 3 nitrogen and oxygen atoms in total. The van der Waals surface area contributed by atoms with Gasteiger partial charge in [0.2, 0.25) is 0 Å². The molecule has 0 fully saturated rings. The predicted octanol–water partition coefficient (Wildman–Crippen LogP) is 3.27. The molecule has 0 spiro atoms. The van der Waals surface area contributed by atoms with Crippen molar-refractivity contribution < 1.29 is 18.3 Å². The summed E-state index contributed by atoms with van der Waals surface area (Å²) >= 11 is 0. The second-order valence-corrected chi connectivity index (χ2v) is 4.78. The largest absolute Gasteiger partial charge is 0.351 e. The lowest BCUT2D eigenvalue weighted by Gasteiger charge is -2.28. The van der Waals surface area contributed by atoms with Crippen LogP contribution in [0.25, 0.3) is 0 Å². The van der Waals surface area contributed by atoms with Crippen molar-refractivity contribution in [2.75, 3.05) is 19.8 Å². The Morgan fingerprint density at radius 1 is 1.10 bits per heavy atom. The Labute approximate surface area is 125 Å². The number of benzene rings is 1. The van der Waals surface area contributed by atoms with Crippen LogP contribution in [0.3, 0.4) is 0 Å². The highest BCUT2D eigenvalue weighted by atomic mass is 19.1. The topological polar surface area (TPSA) is 30.5 Å². The molecule has 0 aromatic heterocycles. The Balaban J connectivity index is 2.86. The second kappa shape index (κ2) is 9.82. The van der Waals surface area contributed by atoms with Crippen molar-refractivity contribution in [3.05, 3.63) is 35.4 Å². The molecule has 1 aromatic carbocycles. The van der Waals surface area contributed by atoms with Crippen LogP contribution >= 0.6 is 0 Å². The smallest absolute Gasteiger partial charge is 0.172 e. The Morgan fingerprint density at radius 2 is 1.76 bits per heavy atom. The molecule has 120 valence electrons. The summed E-state index contributed by atoms with van der Waals surface area (Å²) in [6.45, 7) is 7.57. The number of nitrogens with one attached hydrogen (secondary N) is 1. The molecule has 0 saturated heterocycles. The zero-order chi connectivity index (χ0) is 15.7. The lowest BCUT2D eigenvalue weighted by Crippen LogP contribution is -2.45. The molecule has 0 heterocycles. The fourth-order valence-corrected chi connectivity index (χ4v) is 2.14. The predicted molar refractivity (Wildman–Crippen MR) is 79.2 cm³/mol. The first-order valence-corrected chi connectivity index (χ1v) is 7.52. The maximum atomic E-state index is 13.8. The molecule has 1 aromatic rings. The van der Waals surface area contributed by atoms with Crippen LogP contribution in [0.5, 0.6) is 0 Å². The van der Waals surface area contributed by atoms with Crippen LogP contribution in [-0.4, -0.2) is 32.1 Å². The van der Waals surface area contributed by atoms with Gasteiger partial charge in [-0.3, -0.25) is 0 Å². The van der Waals surface area contributed by atoms with Crippen LogP contribution in [-0.2, 0) is 15.9 Å². The van der Waals surface area contributed by atoms with Crippen molar-refractivity contribution in [2.45, 2.75) is 45.9 Å². The molecule has 0 radical (unpaired) electrons. The highest BCUT2D eigenvalue weighted by Crippen LogP contribution is 2.15. The zero-order valence-corrected chi connectivity index (χ0v) is 13.0. The summed E-state index contributed by atoms with van der Waals surface area (Å²) in [5, 5.41) is 3.30. The summed E-state index contributed by atoms with van der Waals surface area (Å²) in [5.74, 6) is -0.851. The van der Waals surface area contributed by atoms with Gasteiger partial charge in [-0.25, -0.2) is 8.78 Å². The van der Waals surface area contributed by atoms with E-state index in [2.05, 4.69) is 5.32 Å². The third-order valence-electron chi connectivity index (χ3n) is 3.09. The maximum Gasteiger partial charge on any atom is 0.172 e. The van der Waals surface area contributed by atoms with Crippen molar-refractivity contribution >= 4 is 0 Å². The normalized spacial score (nSPS) is 12.9. The van der Waals surface area contributed by atoms with Crippen molar-refractivity contribution in [3.8, 4) is 0 Å². The molecule has 0 aliphatic carbocycles. The van der Waals surface area contributed by atoms with Gasteiger partial charge in [0.1, 0.15) is 11.6 Å². The zero-order valence-electron chi connectivity index (χ0n) is 13.0. The maximum absolute atomic E-state index is 13.8. The van der Waals surface area contributed by atoms with E-state index < -0.39 is 17.9 Å². The first-order valence-electron chi connectivity index (χ1n) is 7.52. The molecule has 0 aliphatic heterocycles. The minimum Gasteiger partial charge on any atom is -0.351 e. The number of halogens is 2. The van der Waals surface area contributed by atoms with Crippen molar-refractivity contribution in [1.82, 2.24) is 5.32 Å². The first kappa shape index (κ1) is 18.0. The molecule has 0 bridgehead atoms. The first-order chi connectivity index (χ1) is 10.1. The second-order valence-electron chi connectivity index (χ2n) is 4.78. The van der Waals surface area contributed by atoms with E-state index >= 15 is 0 Å². The van der Waals surface area contributed by atoms with Crippen LogP contribution in [0.4, 0.5) is 8.78 Å². The lowest BCUT2D eigenvalue weighted by atomic mass is 10.0. The molecule has 0 saturated carbocycles. The quantitative estimate of drug-likeness (QED) is 0.673. The summed E-state index contributed by atoms with van der Waals surface area (Å²) in [4.78, 5) is 0. The minimum absolute atomic E-state index is 0.221. The van der Waals surface area contributed by atoms with E-state index in [1.54, 1.807) is 0 Å². The molecular weight excluding hydrogens is 276 g/mol. The van der Waals surface area contributed by atoms with Gasteiger partial charge in [0.15, 0.2) is 6.29 Å². The molecule has 0 aliphatic rings. The van der Waals surface area contributed by atoms with Gasteiger partial charge >= 0.3 is 0 Å². The Kier molecular flexibility index (Phi) is 8.42. The van der Waals surface area contributed by atoms with Crippen LogP contribution in [0.2, 0.25) is 0 Å². The summed E-state index contributed by atoms with van der Waals surface area (Å²) in [7, 11) is 0. The SMILES string of the molecule is CCCNC(Cc1cc(F)ccc1F)C(OCC)OCC. The van der Waals surface area contributed by atoms with E-state index in [-0.39, 0.29) is 6.04 Å². The molecule has 1 N–H and O–H groups in total. The van der Waals surface area contributed by atoms with Gasteiger partial charge in [0, 0.05) is 13.2 Å². The van der Waals surface area contributed by atoms with Crippen molar-refractivity contribution in [3.63, 3.8) is 0 Å². The Morgan fingerprint density at radius 3 is 2.33 bits per heavy atom. The van der Waals surface area contributed by atoms with Gasteiger partial charge in [0.05, 0.1) is 6.04 Å². The van der Waals surface area contributed by atoms with E-state index in [0.717, 1.165) is 25.1 Å². The lowest BCUT2D eigenvalue weighted by molar-refractivity contribution is -0.153. The van der Waals surface area contributed by atoms with E-state index in [1.807, 2.05) is 20.8 Å². The summed E-state index contributed by atoms with van der Waals surface area (Å²) in [5.41, 5.74) is 0.327. The molecular formula is C16H25F2NO2. The molecule has 0 amide bonds. The van der Waals surface area contributed by atoms with Gasteiger partial charge in [-0.2, -0.15) is 0 Å². The van der Waals surface area contributed by atoms with Crippen molar-refractivity contribution in [1.29, 1.82) is 0 Å². The van der Waals surface area contributed by atoms with Gasteiger partial charge < -0.3 is 14.8 Å². The molecule has 21 heavy (non-hydrogen) atoms. The highest BCUT2D eigenvalue weighted by molar-refractivity contribution is 5.20. The summed E-state index contributed by atoms with van der Waals surface area (Å²) in [6, 6.07) is 3.28. The average Bonchev–Trinajstić information content (AvgIpc) is 2.47. The van der Waals surface area contributed by atoms with Crippen LogP contribution in [0.15, 0.2) is 18.2 Å². The standard InChI is InChI=1S/C16H25F2NO2/c1-4-9-19-15(16(20-5-2)21-6-3)11-12-10-13(17)7-8-14(12)18/h7-8,10,15-16,19H,4-6,9,11H2,1-3H3. The average molecular weight is 301 g/mol. The monoisotopic (exact) mass is 301 g/mol. The molecule has 1 atom stereocenters. The van der Waals surface area contributed by atoms with Crippen molar-refractivity contribution in [2.24, 2.45) is 0 Å². The highest BCUT2D eigenvalue weighted by Gasteiger charge is 2.23. The van der Waals surface area contributed by atoms with E-state index in [0.29, 0.717) is 25.2 Å². The molecule has 1 unspecified atom stereocenters. The van der Waals surface area contributed by atoms with Gasteiger partial charge in [0.25, 0.3) is 0 Å². The summed E-state index contributed by atoms with van der Waals surface area (Å²) in [6.07, 6.45) is 0.774. The third kappa shape index (κ3) is 6.08. The fraction of sp³-hybridized carbons (Fsp3) is 0.625. The van der Waals surface area contributed by atoms with Gasteiger partial charge in [-0.15, -0.1) is 0 Å². The van der Waals surface area contributed by atoms with Crippen LogP contribution < -0.4 is 5.32 Å². The van der Waals surface area contributed by atoms with Crippen LogP contribution in [0, 0.1) is 11.6 Å². The third-order valence-corrected chi connectivity index (χ3v) is 3.09.